The summed E-state index contributed by atoms with van der Waals surface area (Å²) in [5.41, 5.74) is -7.47. The average molecular weight is 360 g/mol. The maximum Gasteiger partial charge on any atom is 0.351 e. The number of carbonyl (C=O) groups is 7. The Bertz CT molecular complexity index is 624. The Morgan fingerprint density at radius 3 is 1.32 bits per heavy atom. The summed E-state index contributed by atoms with van der Waals surface area (Å²) in [6, 6.07) is 0. The summed E-state index contributed by atoms with van der Waals surface area (Å²) >= 11 is 0. The molecule has 11 nitrogen and oxygen atoms in total. The number of esters is 1. The van der Waals surface area contributed by atoms with Gasteiger partial charge in [0.25, 0.3) is 5.60 Å². The van der Waals surface area contributed by atoms with Gasteiger partial charge in [-0.3, -0.25) is 28.8 Å². The first-order valence-corrected chi connectivity index (χ1v) is 6.62. The Hall–Kier alpha value is -3.11. The van der Waals surface area contributed by atoms with Crippen molar-refractivity contribution in [1.29, 1.82) is 0 Å². The Balaban J connectivity index is 7.56. The maximum absolute atomic E-state index is 12.1. The molecule has 0 bridgehead atoms. The normalized spacial score (nSPS) is 14.6. The Morgan fingerprint density at radius 1 is 0.760 bits per heavy atom. The smallest absolute Gasteiger partial charge is 0.351 e. The molecule has 11 heteroatoms. The molecule has 0 aliphatic heterocycles. The second kappa shape index (κ2) is 7.20. The van der Waals surface area contributed by atoms with Gasteiger partial charge < -0.3 is 20.1 Å². The molecule has 0 amide bonds. The molecule has 25 heavy (non-hydrogen) atoms. The summed E-state index contributed by atoms with van der Waals surface area (Å²) in [4.78, 5) is 82.5. The molecule has 0 rings (SSSR count). The zero-order valence-electron chi connectivity index (χ0n) is 13.7. The molecule has 0 aliphatic carbocycles. The lowest BCUT2D eigenvalue weighted by Crippen LogP contribution is -2.72. The van der Waals surface area contributed by atoms with Crippen LogP contribution in [0.15, 0.2) is 0 Å². The van der Waals surface area contributed by atoms with Crippen LogP contribution in [0.3, 0.4) is 0 Å². The van der Waals surface area contributed by atoms with Crippen molar-refractivity contribution in [2.75, 3.05) is 0 Å². The fourth-order valence-electron chi connectivity index (χ4n) is 2.77. The van der Waals surface area contributed by atoms with Gasteiger partial charge in [-0.25, -0.2) is 4.79 Å². The lowest BCUT2D eigenvalue weighted by molar-refractivity contribution is -0.213. The Kier molecular flexibility index (Phi) is 6.30. The second-order valence-corrected chi connectivity index (χ2v) is 5.18. The molecular formula is C14H16O11. The molecule has 0 aromatic rings. The van der Waals surface area contributed by atoms with Crippen LogP contribution >= 0.6 is 0 Å². The van der Waals surface area contributed by atoms with Gasteiger partial charge in [-0.2, -0.15) is 0 Å². The third-order valence-corrected chi connectivity index (χ3v) is 3.62. The molecule has 0 radical (unpaired) electrons. The number of rotatable bonds is 9. The van der Waals surface area contributed by atoms with Crippen molar-refractivity contribution >= 4 is 41.2 Å². The van der Waals surface area contributed by atoms with Crippen LogP contribution in [0, 0.1) is 11.3 Å². The predicted octanol–water partition coefficient (Wildman–Crippen LogP) is -1.09. The van der Waals surface area contributed by atoms with E-state index in [1.165, 1.54) is 0 Å². The molecule has 2 unspecified atom stereocenters. The Labute approximate surface area is 140 Å². The number of carbonyl (C=O) groups excluding carboxylic acids is 4. The molecule has 0 aromatic heterocycles. The number of carboxylic acids is 3. The number of ether oxygens (including phenoxy) is 1. The average Bonchev–Trinajstić information content (AvgIpc) is 2.35. The SMILES string of the molecule is CC(=O)OC(C(=O)O)(C(C(C)=O)C(=O)O)C(C(C)=O)(C(C)=O)C(=O)O. The first kappa shape index (κ1) is 21.9. The summed E-state index contributed by atoms with van der Waals surface area (Å²) in [6.45, 7) is 2.21. The van der Waals surface area contributed by atoms with Crippen LogP contribution in [0.25, 0.3) is 0 Å². The van der Waals surface area contributed by atoms with Gasteiger partial charge in [-0.05, 0) is 20.8 Å². The molecule has 0 spiro atoms. The van der Waals surface area contributed by atoms with E-state index >= 15 is 0 Å². The maximum atomic E-state index is 12.1. The van der Waals surface area contributed by atoms with E-state index in [1.807, 2.05) is 0 Å². The highest BCUT2D eigenvalue weighted by molar-refractivity contribution is 6.27. The molecule has 0 aliphatic rings. The van der Waals surface area contributed by atoms with Gasteiger partial charge >= 0.3 is 23.9 Å². The van der Waals surface area contributed by atoms with Gasteiger partial charge in [0.2, 0.25) is 5.41 Å². The number of aliphatic carboxylic acids is 3. The molecule has 0 heterocycles. The van der Waals surface area contributed by atoms with Crippen LogP contribution in [-0.2, 0) is 38.3 Å². The predicted molar refractivity (Wildman–Crippen MR) is 75.4 cm³/mol. The van der Waals surface area contributed by atoms with E-state index < -0.39 is 58.2 Å². The van der Waals surface area contributed by atoms with Gasteiger partial charge in [0.15, 0.2) is 17.5 Å². The fourth-order valence-corrected chi connectivity index (χ4v) is 2.77. The van der Waals surface area contributed by atoms with E-state index in [0.717, 1.165) is 0 Å². The monoisotopic (exact) mass is 360 g/mol. The molecule has 0 fully saturated rings. The number of ketones is 3. The summed E-state index contributed by atoms with van der Waals surface area (Å²) in [7, 11) is 0. The van der Waals surface area contributed by atoms with Crippen LogP contribution < -0.4 is 0 Å². The van der Waals surface area contributed by atoms with E-state index in [0.29, 0.717) is 27.7 Å². The van der Waals surface area contributed by atoms with E-state index in [4.69, 9.17) is 0 Å². The minimum absolute atomic E-state index is 0.510. The Morgan fingerprint density at radius 2 is 1.16 bits per heavy atom. The van der Waals surface area contributed by atoms with E-state index in [-0.39, 0.29) is 0 Å². The van der Waals surface area contributed by atoms with Crippen LogP contribution in [0.4, 0.5) is 0 Å². The van der Waals surface area contributed by atoms with Crippen LogP contribution in [-0.4, -0.2) is 62.1 Å². The summed E-state index contributed by atoms with van der Waals surface area (Å²) in [6.07, 6.45) is 0. The van der Waals surface area contributed by atoms with Crippen molar-refractivity contribution in [2.24, 2.45) is 11.3 Å². The molecule has 3 N–H and O–H groups in total. The number of hydrogen-bond donors (Lipinski definition) is 3. The number of Topliss-reactive ketones (excluding diaryl/α,β-unsaturated/α-hetero) is 3. The van der Waals surface area contributed by atoms with Gasteiger partial charge in [-0.15, -0.1) is 0 Å². The van der Waals surface area contributed by atoms with Crippen LogP contribution in [0.5, 0.6) is 0 Å². The topological polar surface area (TPSA) is 189 Å². The third-order valence-electron chi connectivity index (χ3n) is 3.62. The minimum atomic E-state index is -3.82. The van der Waals surface area contributed by atoms with Crippen molar-refractivity contribution in [3.8, 4) is 0 Å². The molecule has 2 atom stereocenters. The number of carboxylic acid groups (broad SMARTS) is 3. The van der Waals surface area contributed by atoms with E-state index in [1.54, 1.807) is 0 Å². The third kappa shape index (κ3) is 3.12. The highest BCUT2D eigenvalue weighted by Gasteiger charge is 2.76. The van der Waals surface area contributed by atoms with Crippen LogP contribution in [0.1, 0.15) is 27.7 Å². The molecule has 0 aromatic carbocycles. The zero-order valence-corrected chi connectivity index (χ0v) is 13.7. The van der Waals surface area contributed by atoms with Gasteiger partial charge in [0, 0.05) is 6.92 Å². The lowest BCUT2D eigenvalue weighted by atomic mass is 9.60. The number of hydrogen-bond acceptors (Lipinski definition) is 8. The van der Waals surface area contributed by atoms with Crippen molar-refractivity contribution in [1.82, 2.24) is 0 Å². The first-order chi connectivity index (χ1) is 11.2. The summed E-state index contributed by atoms with van der Waals surface area (Å²) in [5, 5.41) is 28.3. The lowest BCUT2D eigenvalue weighted by Gasteiger charge is -2.42. The van der Waals surface area contributed by atoms with Crippen molar-refractivity contribution < 1.29 is 53.6 Å². The quantitative estimate of drug-likeness (QED) is 0.334. The van der Waals surface area contributed by atoms with Crippen LogP contribution in [0.2, 0.25) is 0 Å². The fraction of sp³-hybridized carbons (Fsp3) is 0.500. The van der Waals surface area contributed by atoms with Crippen molar-refractivity contribution in [3.63, 3.8) is 0 Å². The molecule has 0 saturated carbocycles. The molecule has 0 saturated heterocycles. The summed E-state index contributed by atoms with van der Waals surface area (Å²) in [5.74, 6) is -16.0. The first-order valence-electron chi connectivity index (χ1n) is 6.62. The zero-order chi connectivity index (χ0) is 20.3. The summed E-state index contributed by atoms with van der Waals surface area (Å²) < 4.78 is 4.47. The van der Waals surface area contributed by atoms with Crippen molar-refractivity contribution in [3.05, 3.63) is 0 Å². The van der Waals surface area contributed by atoms with Crippen molar-refractivity contribution in [2.45, 2.75) is 33.3 Å². The van der Waals surface area contributed by atoms with E-state index in [9.17, 15) is 48.9 Å². The highest BCUT2D eigenvalue weighted by atomic mass is 16.6. The second-order valence-electron chi connectivity index (χ2n) is 5.18. The molecule has 138 valence electrons. The standard InChI is InChI=1S/C14H16O11/c1-5(15)9(10(19)20)14(12(23)24,25-8(4)18)13(6(2)16,7(3)17)11(21)22/h9H,1-4H3,(H,19,20)(H,21,22)(H,23,24). The van der Waals surface area contributed by atoms with Gasteiger partial charge in [0.05, 0.1) is 0 Å². The highest BCUT2D eigenvalue weighted by Crippen LogP contribution is 2.44. The van der Waals surface area contributed by atoms with Gasteiger partial charge in [0.1, 0.15) is 5.78 Å². The van der Waals surface area contributed by atoms with E-state index in [2.05, 4.69) is 4.74 Å². The largest absolute Gasteiger partial charge is 0.481 e. The minimum Gasteiger partial charge on any atom is -0.481 e. The van der Waals surface area contributed by atoms with Gasteiger partial charge in [-0.1, -0.05) is 0 Å². The molecular weight excluding hydrogens is 344 g/mol.